The second-order valence-corrected chi connectivity index (χ2v) is 5.87. The van der Waals surface area contributed by atoms with E-state index in [1.165, 1.54) is 12.1 Å². The first-order valence-electron chi connectivity index (χ1n) is 7.75. The van der Waals surface area contributed by atoms with Gasteiger partial charge in [-0.1, -0.05) is 0 Å². The van der Waals surface area contributed by atoms with E-state index in [0.717, 1.165) is 0 Å². The predicted octanol–water partition coefficient (Wildman–Crippen LogP) is 1.42. The number of fused-ring (bicyclic) bond motifs is 1. The van der Waals surface area contributed by atoms with Crippen LogP contribution in [0.15, 0.2) is 22.6 Å². The zero-order valence-electron chi connectivity index (χ0n) is 13.1. The van der Waals surface area contributed by atoms with Gasteiger partial charge in [0.25, 0.3) is 5.91 Å². The van der Waals surface area contributed by atoms with Crippen molar-refractivity contribution >= 4 is 5.91 Å². The predicted molar refractivity (Wildman–Crippen MR) is 78.8 cm³/mol. The molecule has 1 saturated heterocycles. The smallest absolute Gasteiger partial charge is 0.264 e. The van der Waals surface area contributed by atoms with E-state index in [1.54, 1.807) is 17.9 Å². The lowest BCUT2D eigenvalue weighted by molar-refractivity contribution is -0.146. The molecule has 1 amide bonds. The maximum Gasteiger partial charge on any atom is 0.264 e. The normalized spacial score (nSPS) is 23.0. The third-order valence-electron chi connectivity index (χ3n) is 4.17. The number of carbonyl (C=O) groups is 1. The number of hydrogen-bond acceptors (Lipinski definition) is 6. The fourth-order valence-corrected chi connectivity index (χ4v) is 3.00. The Morgan fingerprint density at radius 2 is 2.25 bits per heavy atom. The molecule has 8 heteroatoms. The highest BCUT2D eigenvalue weighted by molar-refractivity contribution is 5.82. The SMILES string of the molecule is Cc1nnc([C@H]2CN(C(=O)[C@@H]3Cc4cc(F)ccc4O3)CCO2)o1. The Morgan fingerprint density at radius 1 is 1.38 bits per heavy atom. The number of morpholine rings is 1. The standard InChI is InChI=1S/C16H16FN3O4/c1-9-18-19-15(23-9)14-8-20(4-5-22-14)16(21)13-7-10-6-11(17)2-3-12(10)24-13/h2-3,6,13-14H,4-5,7-8H2,1H3/t13-,14+/m0/s1. The maximum atomic E-state index is 13.3. The largest absolute Gasteiger partial charge is 0.480 e. The van der Waals surface area contributed by atoms with Crippen LogP contribution in [0.5, 0.6) is 5.75 Å². The van der Waals surface area contributed by atoms with Crippen molar-refractivity contribution in [2.45, 2.75) is 25.6 Å². The lowest BCUT2D eigenvalue weighted by Gasteiger charge is -2.32. The van der Waals surface area contributed by atoms with Gasteiger partial charge < -0.3 is 18.8 Å². The highest BCUT2D eigenvalue weighted by Gasteiger charge is 2.36. The molecule has 1 aromatic carbocycles. The van der Waals surface area contributed by atoms with E-state index in [9.17, 15) is 9.18 Å². The van der Waals surface area contributed by atoms with E-state index >= 15 is 0 Å². The topological polar surface area (TPSA) is 77.7 Å². The van der Waals surface area contributed by atoms with Gasteiger partial charge in [0, 0.05) is 25.5 Å². The molecule has 0 saturated carbocycles. The Hall–Kier alpha value is -2.48. The molecule has 0 spiro atoms. The lowest BCUT2D eigenvalue weighted by atomic mass is 10.1. The van der Waals surface area contributed by atoms with E-state index in [4.69, 9.17) is 13.9 Å². The number of ether oxygens (including phenoxy) is 2. The molecule has 126 valence electrons. The molecule has 1 fully saturated rings. The number of aromatic nitrogens is 2. The van der Waals surface area contributed by atoms with Crippen LogP contribution in [-0.4, -0.2) is 46.8 Å². The summed E-state index contributed by atoms with van der Waals surface area (Å²) >= 11 is 0. The van der Waals surface area contributed by atoms with Gasteiger partial charge >= 0.3 is 0 Å². The van der Waals surface area contributed by atoms with Crippen LogP contribution in [0.3, 0.4) is 0 Å². The van der Waals surface area contributed by atoms with Crippen LogP contribution in [-0.2, 0) is 16.0 Å². The summed E-state index contributed by atoms with van der Waals surface area (Å²) < 4.78 is 30.0. The lowest BCUT2D eigenvalue weighted by Crippen LogP contribution is -2.48. The summed E-state index contributed by atoms with van der Waals surface area (Å²) in [5.74, 6) is 0.906. The average Bonchev–Trinajstić information content (AvgIpc) is 3.20. The van der Waals surface area contributed by atoms with Crippen LogP contribution in [0, 0.1) is 12.7 Å². The van der Waals surface area contributed by atoms with Gasteiger partial charge in [0.1, 0.15) is 11.6 Å². The van der Waals surface area contributed by atoms with E-state index in [0.29, 0.717) is 49.2 Å². The summed E-state index contributed by atoms with van der Waals surface area (Å²) in [7, 11) is 0. The quantitative estimate of drug-likeness (QED) is 0.827. The molecule has 0 unspecified atom stereocenters. The van der Waals surface area contributed by atoms with Crippen LogP contribution in [0.2, 0.25) is 0 Å². The van der Waals surface area contributed by atoms with Crippen molar-refractivity contribution in [1.29, 1.82) is 0 Å². The molecule has 2 aliphatic heterocycles. The van der Waals surface area contributed by atoms with E-state index < -0.39 is 12.2 Å². The van der Waals surface area contributed by atoms with Crippen LogP contribution in [0.4, 0.5) is 4.39 Å². The van der Waals surface area contributed by atoms with Crippen molar-refractivity contribution in [2.24, 2.45) is 0 Å². The average molecular weight is 333 g/mol. The van der Waals surface area contributed by atoms with Gasteiger partial charge in [0.2, 0.25) is 11.8 Å². The molecule has 0 N–H and O–H groups in total. The van der Waals surface area contributed by atoms with Crippen LogP contribution < -0.4 is 4.74 Å². The molecule has 1 aromatic heterocycles. The zero-order chi connectivity index (χ0) is 16.7. The Balaban J connectivity index is 1.45. The Morgan fingerprint density at radius 3 is 3.04 bits per heavy atom. The molecule has 7 nitrogen and oxygen atoms in total. The van der Waals surface area contributed by atoms with Gasteiger partial charge in [-0.15, -0.1) is 10.2 Å². The highest BCUT2D eigenvalue weighted by atomic mass is 19.1. The second kappa shape index (κ2) is 5.86. The first-order valence-corrected chi connectivity index (χ1v) is 7.75. The minimum Gasteiger partial charge on any atom is -0.480 e. The number of carbonyl (C=O) groups excluding carboxylic acids is 1. The number of aryl methyl sites for hydroxylation is 1. The molecule has 2 atom stereocenters. The number of benzene rings is 1. The van der Waals surface area contributed by atoms with Crippen molar-refractivity contribution in [3.63, 3.8) is 0 Å². The third-order valence-corrected chi connectivity index (χ3v) is 4.17. The number of nitrogens with zero attached hydrogens (tertiary/aromatic N) is 3. The monoisotopic (exact) mass is 333 g/mol. The fraction of sp³-hybridized carbons (Fsp3) is 0.438. The minimum absolute atomic E-state index is 0.142. The molecular weight excluding hydrogens is 317 g/mol. The fourth-order valence-electron chi connectivity index (χ4n) is 3.00. The molecule has 4 rings (SSSR count). The molecular formula is C16H16FN3O4. The minimum atomic E-state index is -0.634. The molecule has 0 aliphatic carbocycles. The van der Waals surface area contributed by atoms with Gasteiger partial charge in [-0.2, -0.15) is 0 Å². The van der Waals surface area contributed by atoms with Gasteiger partial charge in [-0.3, -0.25) is 4.79 Å². The summed E-state index contributed by atoms with van der Waals surface area (Å²) in [5, 5.41) is 7.73. The van der Waals surface area contributed by atoms with Crippen molar-refractivity contribution in [3.05, 3.63) is 41.4 Å². The first-order chi connectivity index (χ1) is 11.6. The first kappa shape index (κ1) is 15.1. The molecule has 24 heavy (non-hydrogen) atoms. The van der Waals surface area contributed by atoms with E-state index in [1.807, 2.05) is 0 Å². The zero-order valence-corrected chi connectivity index (χ0v) is 13.1. The highest BCUT2D eigenvalue weighted by Crippen LogP contribution is 2.31. The number of rotatable bonds is 2. The van der Waals surface area contributed by atoms with Crippen molar-refractivity contribution < 1.29 is 23.1 Å². The van der Waals surface area contributed by atoms with Gasteiger partial charge in [0.05, 0.1) is 13.2 Å². The van der Waals surface area contributed by atoms with Crippen molar-refractivity contribution in [3.8, 4) is 5.75 Å². The maximum absolute atomic E-state index is 13.3. The van der Waals surface area contributed by atoms with Crippen LogP contribution >= 0.6 is 0 Å². The summed E-state index contributed by atoms with van der Waals surface area (Å²) in [4.78, 5) is 14.4. The summed E-state index contributed by atoms with van der Waals surface area (Å²) in [6.45, 7) is 2.87. The Labute approximate surface area is 137 Å². The number of amides is 1. The van der Waals surface area contributed by atoms with Gasteiger partial charge in [-0.05, 0) is 18.2 Å². The van der Waals surface area contributed by atoms with Crippen LogP contribution in [0.1, 0.15) is 23.4 Å². The molecule has 0 bridgehead atoms. The van der Waals surface area contributed by atoms with Gasteiger partial charge in [0.15, 0.2) is 12.2 Å². The van der Waals surface area contributed by atoms with Crippen LogP contribution in [0.25, 0.3) is 0 Å². The molecule has 2 aromatic rings. The summed E-state index contributed by atoms with van der Waals surface area (Å²) in [6.07, 6.45) is -0.705. The molecule has 3 heterocycles. The second-order valence-electron chi connectivity index (χ2n) is 5.87. The number of halogens is 1. The van der Waals surface area contributed by atoms with E-state index in [-0.39, 0.29) is 11.7 Å². The van der Waals surface area contributed by atoms with Crippen molar-refractivity contribution in [1.82, 2.24) is 15.1 Å². The Bertz CT molecular complexity index is 778. The van der Waals surface area contributed by atoms with E-state index in [2.05, 4.69) is 10.2 Å². The van der Waals surface area contributed by atoms with Gasteiger partial charge in [-0.25, -0.2) is 4.39 Å². The summed E-state index contributed by atoms with van der Waals surface area (Å²) in [5.41, 5.74) is 0.714. The summed E-state index contributed by atoms with van der Waals surface area (Å²) in [6, 6.07) is 4.29. The molecule has 0 radical (unpaired) electrons. The Kier molecular flexibility index (Phi) is 3.68. The molecule has 2 aliphatic rings. The van der Waals surface area contributed by atoms with Crippen molar-refractivity contribution in [2.75, 3.05) is 19.7 Å². The third kappa shape index (κ3) is 2.73. The number of hydrogen-bond donors (Lipinski definition) is 0.